The Balaban J connectivity index is 2.06. The van der Waals surface area contributed by atoms with E-state index in [-0.39, 0.29) is 11.9 Å². The van der Waals surface area contributed by atoms with Crippen LogP contribution in [0.3, 0.4) is 0 Å². The Morgan fingerprint density at radius 3 is 2.70 bits per heavy atom. The van der Waals surface area contributed by atoms with Gasteiger partial charge in [0.05, 0.1) is 12.8 Å². The molecule has 2 rings (SSSR count). The predicted octanol–water partition coefficient (Wildman–Crippen LogP) is 4.19. The third-order valence-electron chi connectivity index (χ3n) is 3.19. The molecule has 0 saturated carbocycles. The van der Waals surface area contributed by atoms with Crippen molar-refractivity contribution in [1.82, 2.24) is 0 Å². The normalized spacial score (nSPS) is 12.0. The van der Waals surface area contributed by atoms with Crippen LogP contribution in [0.5, 0.6) is 5.75 Å². The van der Waals surface area contributed by atoms with Crippen molar-refractivity contribution in [3.8, 4) is 5.75 Å². The lowest BCUT2D eigenvalue weighted by molar-refractivity contribution is 0.415. The summed E-state index contributed by atoms with van der Waals surface area (Å²) < 4.78 is 18.5. The molecule has 2 aromatic rings. The fourth-order valence-electron chi connectivity index (χ4n) is 2.25. The maximum Gasteiger partial charge on any atom is 0.142 e. The van der Waals surface area contributed by atoms with Crippen LogP contribution in [0.4, 0.5) is 10.1 Å². The summed E-state index contributed by atoms with van der Waals surface area (Å²) in [5, 5.41) is 3.41. The molecule has 0 bridgehead atoms. The molecule has 2 aromatic carbocycles. The number of anilines is 1. The smallest absolute Gasteiger partial charge is 0.142 e. The molecule has 0 aliphatic carbocycles. The molecule has 0 radical (unpaired) electrons. The fraction of sp³-hybridized carbons (Fsp3) is 0.294. The monoisotopic (exact) mass is 273 g/mol. The number of nitrogens with one attached hydrogen (secondary N) is 1. The molecule has 2 nitrogen and oxygen atoms in total. The van der Waals surface area contributed by atoms with Crippen LogP contribution in [-0.2, 0) is 6.42 Å². The van der Waals surface area contributed by atoms with Crippen molar-refractivity contribution < 1.29 is 9.13 Å². The average Bonchev–Trinajstić information content (AvgIpc) is 2.40. The minimum atomic E-state index is -0.192. The second kappa shape index (κ2) is 6.42. The topological polar surface area (TPSA) is 21.3 Å². The van der Waals surface area contributed by atoms with Crippen molar-refractivity contribution in [2.75, 3.05) is 12.4 Å². The predicted molar refractivity (Wildman–Crippen MR) is 80.9 cm³/mol. The first kappa shape index (κ1) is 14.4. The minimum Gasteiger partial charge on any atom is -0.495 e. The van der Waals surface area contributed by atoms with Crippen molar-refractivity contribution in [3.63, 3.8) is 0 Å². The first-order valence-electron chi connectivity index (χ1n) is 6.74. The summed E-state index contributed by atoms with van der Waals surface area (Å²) in [6.45, 7) is 4.10. The lowest BCUT2D eigenvalue weighted by Gasteiger charge is -2.18. The van der Waals surface area contributed by atoms with Gasteiger partial charge in [-0.1, -0.05) is 18.2 Å². The van der Waals surface area contributed by atoms with Gasteiger partial charge in [-0.3, -0.25) is 0 Å². The van der Waals surface area contributed by atoms with Crippen LogP contribution >= 0.6 is 0 Å². The number of halogens is 1. The molecule has 20 heavy (non-hydrogen) atoms. The minimum absolute atomic E-state index is 0.188. The lowest BCUT2D eigenvalue weighted by Crippen LogP contribution is -2.18. The maximum absolute atomic E-state index is 13.2. The third-order valence-corrected chi connectivity index (χ3v) is 3.19. The Morgan fingerprint density at radius 1 is 1.20 bits per heavy atom. The van der Waals surface area contributed by atoms with E-state index < -0.39 is 0 Å². The van der Waals surface area contributed by atoms with Crippen LogP contribution in [0.1, 0.15) is 18.1 Å². The highest BCUT2D eigenvalue weighted by Crippen LogP contribution is 2.26. The van der Waals surface area contributed by atoms with Gasteiger partial charge in [0.1, 0.15) is 11.6 Å². The molecule has 0 fully saturated rings. The van der Waals surface area contributed by atoms with Crippen LogP contribution in [0.15, 0.2) is 42.5 Å². The van der Waals surface area contributed by atoms with E-state index in [1.807, 2.05) is 31.2 Å². The highest BCUT2D eigenvalue weighted by Gasteiger charge is 2.08. The molecule has 0 aromatic heterocycles. The van der Waals surface area contributed by atoms with Gasteiger partial charge in [0, 0.05) is 6.04 Å². The highest BCUT2D eigenvalue weighted by atomic mass is 19.1. The fourth-order valence-corrected chi connectivity index (χ4v) is 2.25. The van der Waals surface area contributed by atoms with Crippen molar-refractivity contribution in [3.05, 3.63) is 59.4 Å². The van der Waals surface area contributed by atoms with E-state index in [2.05, 4.69) is 12.2 Å². The Morgan fingerprint density at radius 2 is 2.00 bits per heavy atom. The number of benzene rings is 2. The number of methoxy groups -OCH3 is 1. The van der Waals surface area contributed by atoms with Crippen molar-refractivity contribution in [2.24, 2.45) is 0 Å². The first-order chi connectivity index (χ1) is 9.58. The van der Waals surface area contributed by atoms with Crippen LogP contribution < -0.4 is 10.1 Å². The lowest BCUT2D eigenvalue weighted by atomic mass is 10.1. The molecule has 1 atom stereocenters. The van der Waals surface area contributed by atoms with E-state index in [9.17, 15) is 4.39 Å². The van der Waals surface area contributed by atoms with Gasteiger partial charge in [-0.25, -0.2) is 4.39 Å². The SMILES string of the molecule is COc1cc(C)ccc1NC(C)Cc1cccc(F)c1. The van der Waals surface area contributed by atoms with E-state index >= 15 is 0 Å². The largest absolute Gasteiger partial charge is 0.495 e. The molecule has 3 heteroatoms. The standard InChI is InChI=1S/C17H20FNO/c1-12-7-8-16(17(9-12)20-3)19-13(2)10-14-5-4-6-15(18)11-14/h4-9,11,13,19H,10H2,1-3H3. The van der Waals surface area contributed by atoms with Gasteiger partial charge in [-0.15, -0.1) is 0 Å². The molecule has 0 spiro atoms. The first-order valence-corrected chi connectivity index (χ1v) is 6.74. The zero-order valence-corrected chi connectivity index (χ0v) is 12.1. The van der Waals surface area contributed by atoms with E-state index in [1.54, 1.807) is 19.2 Å². The molecule has 0 aliphatic rings. The molecular weight excluding hydrogens is 253 g/mol. The Hall–Kier alpha value is -2.03. The molecule has 1 N–H and O–H groups in total. The third kappa shape index (κ3) is 3.73. The molecule has 1 unspecified atom stereocenters. The Labute approximate surface area is 119 Å². The number of hydrogen-bond donors (Lipinski definition) is 1. The van der Waals surface area contributed by atoms with Crippen molar-refractivity contribution >= 4 is 5.69 Å². The van der Waals surface area contributed by atoms with E-state index in [0.717, 1.165) is 29.0 Å². The van der Waals surface area contributed by atoms with Crippen LogP contribution in [0, 0.1) is 12.7 Å². The molecule has 0 saturated heterocycles. The van der Waals surface area contributed by atoms with Gasteiger partial charge in [0.25, 0.3) is 0 Å². The second-order valence-electron chi connectivity index (χ2n) is 5.08. The second-order valence-corrected chi connectivity index (χ2v) is 5.08. The van der Waals surface area contributed by atoms with Crippen molar-refractivity contribution in [2.45, 2.75) is 26.3 Å². The average molecular weight is 273 g/mol. The summed E-state index contributed by atoms with van der Waals surface area (Å²) in [5.74, 6) is 0.638. The molecule has 0 amide bonds. The van der Waals surface area contributed by atoms with Crippen LogP contribution in [-0.4, -0.2) is 13.2 Å². The van der Waals surface area contributed by atoms with Crippen LogP contribution in [0.25, 0.3) is 0 Å². The Bertz CT molecular complexity index is 583. The molecule has 106 valence electrons. The highest BCUT2D eigenvalue weighted by molar-refractivity contribution is 5.58. The van der Waals surface area contributed by atoms with E-state index in [1.165, 1.54) is 6.07 Å². The van der Waals surface area contributed by atoms with Gasteiger partial charge >= 0.3 is 0 Å². The Kier molecular flexibility index (Phi) is 4.61. The molecule has 0 heterocycles. The van der Waals surface area contributed by atoms with Gasteiger partial charge in [-0.2, -0.15) is 0 Å². The summed E-state index contributed by atoms with van der Waals surface area (Å²) in [4.78, 5) is 0. The summed E-state index contributed by atoms with van der Waals surface area (Å²) in [7, 11) is 1.66. The zero-order chi connectivity index (χ0) is 14.5. The summed E-state index contributed by atoms with van der Waals surface area (Å²) in [6.07, 6.45) is 0.759. The number of rotatable bonds is 5. The van der Waals surface area contributed by atoms with Gasteiger partial charge < -0.3 is 10.1 Å². The molecular formula is C17H20FNO. The van der Waals surface area contributed by atoms with Gasteiger partial charge in [0.2, 0.25) is 0 Å². The number of aryl methyl sites for hydroxylation is 1. The zero-order valence-electron chi connectivity index (χ0n) is 12.1. The van der Waals surface area contributed by atoms with E-state index in [4.69, 9.17) is 4.74 Å². The summed E-state index contributed by atoms with van der Waals surface area (Å²) >= 11 is 0. The molecule has 0 aliphatic heterocycles. The van der Waals surface area contributed by atoms with Gasteiger partial charge in [0.15, 0.2) is 0 Å². The van der Waals surface area contributed by atoms with Crippen molar-refractivity contribution in [1.29, 1.82) is 0 Å². The number of ether oxygens (including phenoxy) is 1. The van der Waals surface area contributed by atoms with Gasteiger partial charge in [-0.05, 0) is 55.7 Å². The number of hydrogen-bond acceptors (Lipinski definition) is 2. The van der Waals surface area contributed by atoms with Crippen LogP contribution in [0.2, 0.25) is 0 Å². The maximum atomic E-state index is 13.2. The quantitative estimate of drug-likeness (QED) is 0.882. The van der Waals surface area contributed by atoms with E-state index in [0.29, 0.717) is 0 Å². The summed E-state index contributed by atoms with van der Waals surface area (Å²) in [6, 6.07) is 13.0. The summed E-state index contributed by atoms with van der Waals surface area (Å²) in [5.41, 5.74) is 3.10.